The smallest absolute Gasteiger partial charge is 0.407 e. The number of hydrogen-bond acceptors (Lipinski definition) is 7. The van der Waals surface area contributed by atoms with Crippen molar-refractivity contribution in [2.75, 3.05) is 19.6 Å². The second kappa shape index (κ2) is 9.52. The van der Waals surface area contributed by atoms with Crippen LogP contribution >= 0.6 is 11.3 Å². The summed E-state index contributed by atoms with van der Waals surface area (Å²) in [5.74, 6) is 1.12. The van der Waals surface area contributed by atoms with Gasteiger partial charge in [0, 0.05) is 24.4 Å². The van der Waals surface area contributed by atoms with Crippen molar-refractivity contribution in [2.24, 2.45) is 0 Å². The highest BCUT2D eigenvalue weighted by molar-refractivity contribution is 7.15. The molecule has 1 N–H and O–H groups in total. The van der Waals surface area contributed by atoms with E-state index in [1.54, 1.807) is 11.3 Å². The monoisotopic (exact) mass is 406 g/mol. The number of hydrogen-bond donors (Lipinski definition) is 1. The fraction of sp³-hybridized carbons (Fsp3) is 0.650. The molecular weight excluding hydrogens is 376 g/mol. The molecule has 154 valence electrons. The summed E-state index contributed by atoms with van der Waals surface area (Å²) in [5.41, 5.74) is -0.508. The van der Waals surface area contributed by atoms with Gasteiger partial charge in [-0.25, -0.2) is 4.79 Å². The molecule has 1 aliphatic rings. The highest BCUT2D eigenvalue weighted by Crippen LogP contribution is 2.27. The first kappa shape index (κ1) is 20.8. The Kier molecular flexibility index (Phi) is 7.07. The lowest BCUT2D eigenvalue weighted by Gasteiger charge is -2.19. The van der Waals surface area contributed by atoms with Gasteiger partial charge in [-0.1, -0.05) is 18.0 Å². The molecule has 3 rings (SSSR count). The van der Waals surface area contributed by atoms with Crippen molar-refractivity contribution in [3.8, 4) is 10.7 Å². The molecule has 0 spiro atoms. The number of amides is 1. The number of ether oxygens (including phenoxy) is 1. The molecule has 1 fully saturated rings. The number of likely N-dealkylation sites (tertiary alicyclic amines) is 1. The Balaban J connectivity index is 1.48. The molecule has 28 heavy (non-hydrogen) atoms. The van der Waals surface area contributed by atoms with Crippen molar-refractivity contribution in [3.63, 3.8) is 0 Å². The van der Waals surface area contributed by atoms with Gasteiger partial charge in [0.15, 0.2) is 0 Å². The Morgan fingerprint density at radius 1 is 1.25 bits per heavy atom. The Bertz CT molecular complexity index is 758. The summed E-state index contributed by atoms with van der Waals surface area (Å²) in [5, 5.41) is 6.79. The van der Waals surface area contributed by atoms with E-state index in [1.165, 1.54) is 43.6 Å². The van der Waals surface area contributed by atoms with Gasteiger partial charge < -0.3 is 14.6 Å². The average molecular weight is 407 g/mol. The molecule has 2 aromatic rings. The first-order valence-electron chi connectivity index (χ1n) is 10.00. The largest absolute Gasteiger partial charge is 0.444 e. The first-order chi connectivity index (χ1) is 13.4. The zero-order valence-corrected chi connectivity index (χ0v) is 17.8. The van der Waals surface area contributed by atoms with Gasteiger partial charge in [0.05, 0.1) is 4.88 Å². The van der Waals surface area contributed by atoms with Gasteiger partial charge in [-0.05, 0) is 58.8 Å². The van der Waals surface area contributed by atoms with E-state index in [9.17, 15) is 4.79 Å². The zero-order valence-electron chi connectivity index (χ0n) is 17.0. The zero-order chi connectivity index (χ0) is 20.0. The summed E-state index contributed by atoms with van der Waals surface area (Å²) in [6.07, 6.45) is 5.32. The maximum Gasteiger partial charge on any atom is 0.407 e. The van der Waals surface area contributed by atoms with Crippen molar-refractivity contribution in [1.82, 2.24) is 20.4 Å². The topological polar surface area (TPSA) is 80.5 Å². The fourth-order valence-electron chi connectivity index (χ4n) is 3.14. The molecule has 8 heteroatoms. The minimum absolute atomic E-state index is 0.390. The minimum atomic E-state index is -0.508. The second-order valence-electron chi connectivity index (χ2n) is 8.15. The Labute approximate surface area is 170 Å². The number of rotatable bonds is 6. The summed E-state index contributed by atoms with van der Waals surface area (Å²) in [6, 6.07) is 4.22. The molecule has 0 aromatic carbocycles. The van der Waals surface area contributed by atoms with Crippen LogP contribution in [-0.4, -0.2) is 46.4 Å². The Morgan fingerprint density at radius 2 is 2.00 bits per heavy atom. The molecule has 0 aliphatic carbocycles. The van der Waals surface area contributed by atoms with Gasteiger partial charge in [0.1, 0.15) is 5.60 Å². The lowest BCUT2D eigenvalue weighted by molar-refractivity contribution is 0.0527. The van der Waals surface area contributed by atoms with Crippen LogP contribution in [0.1, 0.15) is 57.2 Å². The summed E-state index contributed by atoms with van der Waals surface area (Å²) >= 11 is 1.72. The van der Waals surface area contributed by atoms with Crippen molar-refractivity contribution in [2.45, 2.75) is 65.0 Å². The van der Waals surface area contributed by atoms with E-state index in [2.05, 4.69) is 32.5 Å². The first-order valence-corrected chi connectivity index (χ1v) is 10.8. The predicted octanol–water partition coefficient (Wildman–Crippen LogP) is 4.24. The molecule has 0 unspecified atom stereocenters. The second-order valence-corrected chi connectivity index (χ2v) is 9.32. The van der Waals surface area contributed by atoms with Crippen LogP contribution in [0.25, 0.3) is 10.7 Å². The van der Waals surface area contributed by atoms with Crippen LogP contribution < -0.4 is 5.32 Å². The summed E-state index contributed by atoms with van der Waals surface area (Å²) in [6.45, 7) is 9.25. The van der Waals surface area contributed by atoms with Crippen LogP contribution in [0.15, 0.2) is 16.7 Å². The lowest BCUT2D eigenvalue weighted by Crippen LogP contribution is -2.33. The number of alkyl carbamates (subject to hydrolysis) is 1. The molecule has 2 aromatic heterocycles. The van der Waals surface area contributed by atoms with Crippen molar-refractivity contribution < 1.29 is 14.1 Å². The molecule has 3 heterocycles. The average Bonchev–Trinajstić information content (AvgIpc) is 3.18. The quantitative estimate of drug-likeness (QED) is 0.773. The number of nitrogens with one attached hydrogen (secondary N) is 1. The minimum Gasteiger partial charge on any atom is -0.444 e. The standard InChI is InChI=1S/C20H30N4O3S/c1-20(2,3)26-19(25)21-11-10-17-22-18(23-27-17)16-9-8-15(28-16)14-24-12-6-4-5-7-13-24/h8-9H,4-7,10-14H2,1-3H3,(H,21,25). The van der Waals surface area contributed by atoms with Crippen molar-refractivity contribution >= 4 is 17.4 Å². The Morgan fingerprint density at radius 3 is 2.71 bits per heavy atom. The summed E-state index contributed by atoms with van der Waals surface area (Å²) in [4.78, 5) is 21.0. The van der Waals surface area contributed by atoms with Gasteiger partial charge in [-0.2, -0.15) is 4.98 Å². The molecular formula is C20H30N4O3S. The summed E-state index contributed by atoms with van der Waals surface area (Å²) in [7, 11) is 0. The van der Waals surface area contributed by atoms with Crippen LogP contribution in [0.3, 0.4) is 0 Å². The van der Waals surface area contributed by atoms with Crippen LogP contribution in [0.4, 0.5) is 4.79 Å². The number of aromatic nitrogens is 2. The normalized spacial score (nSPS) is 16.0. The highest BCUT2D eigenvalue weighted by Gasteiger charge is 2.17. The van der Waals surface area contributed by atoms with Crippen LogP contribution in [-0.2, 0) is 17.7 Å². The van der Waals surface area contributed by atoms with E-state index >= 15 is 0 Å². The third-order valence-corrected chi connectivity index (χ3v) is 5.50. The van der Waals surface area contributed by atoms with Gasteiger partial charge in [-0.15, -0.1) is 11.3 Å². The number of thiophene rings is 1. The van der Waals surface area contributed by atoms with Crippen LogP contribution in [0.5, 0.6) is 0 Å². The van der Waals surface area contributed by atoms with Gasteiger partial charge in [0.2, 0.25) is 11.7 Å². The van der Waals surface area contributed by atoms with Crippen LogP contribution in [0, 0.1) is 0 Å². The van der Waals surface area contributed by atoms with Crippen molar-refractivity contribution in [3.05, 3.63) is 22.9 Å². The van der Waals surface area contributed by atoms with Crippen molar-refractivity contribution in [1.29, 1.82) is 0 Å². The summed E-state index contributed by atoms with van der Waals surface area (Å²) < 4.78 is 10.5. The SMILES string of the molecule is CC(C)(C)OC(=O)NCCc1nc(-c2ccc(CN3CCCCCC3)s2)no1. The molecule has 1 saturated heterocycles. The van der Waals surface area contributed by atoms with E-state index in [-0.39, 0.29) is 0 Å². The molecule has 0 bridgehead atoms. The molecule has 1 amide bonds. The number of carbonyl (C=O) groups excluding carboxylic acids is 1. The lowest BCUT2D eigenvalue weighted by atomic mass is 10.2. The van der Waals surface area contributed by atoms with E-state index in [4.69, 9.17) is 9.26 Å². The van der Waals surface area contributed by atoms with Gasteiger partial charge in [0.25, 0.3) is 0 Å². The number of carbonyl (C=O) groups is 1. The fourth-order valence-corrected chi connectivity index (χ4v) is 4.12. The Hall–Kier alpha value is -1.93. The van der Waals surface area contributed by atoms with E-state index < -0.39 is 11.7 Å². The maximum absolute atomic E-state index is 11.7. The van der Waals surface area contributed by atoms with E-state index in [0.717, 1.165) is 11.4 Å². The highest BCUT2D eigenvalue weighted by atomic mass is 32.1. The molecule has 1 aliphatic heterocycles. The number of nitrogens with zero attached hydrogens (tertiary/aromatic N) is 3. The van der Waals surface area contributed by atoms with Gasteiger partial charge >= 0.3 is 6.09 Å². The predicted molar refractivity (Wildman–Crippen MR) is 109 cm³/mol. The molecule has 0 saturated carbocycles. The van der Waals surface area contributed by atoms with E-state index in [0.29, 0.717) is 24.7 Å². The third kappa shape index (κ3) is 6.60. The third-order valence-electron chi connectivity index (χ3n) is 4.44. The molecule has 0 atom stereocenters. The van der Waals surface area contributed by atoms with Crippen LogP contribution in [0.2, 0.25) is 0 Å². The molecule has 0 radical (unpaired) electrons. The van der Waals surface area contributed by atoms with E-state index in [1.807, 2.05) is 20.8 Å². The molecule has 7 nitrogen and oxygen atoms in total. The maximum atomic E-state index is 11.7. The van der Waals surface area contributed by atoms with Gasteiger partial charge in [-0.3, -0.25) is 4.90 Å².